The molecule has 0 spiro atoms. The number of amides is 2. The Balaban J connectivity index is 4.25. The molecule has 0 saturated heterocycles. The van der Waals surface area contributed by atoms with Crippen molar-refractivity contribution in [3.63, 3.8) is 0 Å². The molecule has 1 atom stereocenters. The summed E-state index contributed by atoms with van der Waals surface area (Å²) in [5.74, 6) is -0.136. The average Bonchev–Trinajstić information content (AvgIpc) is 2.08. The highest BCUT2D eigenvalue weighted by Gasteiger charge is 2.21. The van der Waals surface area contributed by atoms with Crippen LogP contribution in [0.25, 0.3) is 0 Å². The minimum Gasteiger partial charge on any atom is -0.444 e. The Labute approximate surface area is 103 Å². The third kappa shape index (κ3) is 8.54. The van der Waals surface area contributed by atoms with Gasteiger partial charge in [-0.05, 0) is 33.1 Å². The number of nitrogens with one attached hydrogen (secondary N) is 1. The smallest absolute Gasteiger partial charge is 0.407 e. The highest BCUT2D eigenvalue weighted by atomic mass is 16.6. The van der Waals surface area contributed by atoms with E-state index in [2.05, 4.69) is 5.32 Å². The van der Waals surface area contributed by atoms with Crippen molar-refractivity contribution in [3.8, 4) is 0 Å². The van der Waals surface area contributed by atoms with Gasteiger partial charge >= 0.3 is 6.09 Å². The number of primary amides is 1. The Morgan fingerprint density at radius 1 is 1.29 bits per heavy atom. The predicted molar refractivity (Wildman–Crippen MR) is 66.4 cm³/mol. The fourth-order valence-electron chi connectivity index (χ4n) is 1.33. The van der Waals surface area contributed by atoms with E-state index in [4.69, 9.17) is 10.5 Å². The predicted octanol–water partition coefficient (Wildman–Crippen LogP) is 1.80. The van der Waals surface area contributed by atoms with E-state index in [0.717, 1.165) is 0 Å². The fraction of sp³-hybridized carbons (Fsp3) is 0.833. The lowest BCUT2D eigenvalue weighted by Gasteiger charge is -2.25. The van der Waals surface area contributed by atoms with Gasteiger partial charge in [-0.25, -0.2) is 4.79 Å². The monoisotopic (exact) mass is 244 g/mol. The quantitative estimate of drug-likeness (QED) is 0.773. The van der Waals surface area contributed by atoms with Crippen LogP contribution in [0, 0.1) is 5.92 Å². The molecule has 5 nitrogen and oxygen atoms in total. The van der Waals surface area contributed by atoms with Crippen LogP contribution in [0.5, 0.6) is 0 Å². The molecular weight excluding hydrogens is 220 g/mol. The molecule has 0 aliphatic heterocycles. The van der Waals surface area contributed by atoms with Crippen LogP contribution in [-0.4, -0.2) is 23.6 Å². The van der Waals surface area contributed by atoms with Gasteiger partial charge in [0.25, 0.3) is 0 Å². The lowest BCUT2D eigenvalue weighted by molar-refractivity contribution is -0.118. The number of rotatable bonds is 5. The molecule has 0 aromatic rings. The minimum absolute atomic E-state index is 0.0997. The average molecular weight is 244 g/mol. The van der Waals surface area contributed by atoms with Gasteiger partial charge in [-0.3, -0.25) is 4.79 Å². The second kappa shape index (κ2) is 6.47. The zero-order valence-corrected chi connectivity index (χ0v) is 11.4. The minimum atomic E-state index is -0.519. The molecule has 0 rings (SSSR count). The zero-order valence-electron chi connectivity index (χ0n) is 11.4. The molecule has 100 valence electrons. The molecule has 0 aromatic heterocycles. The first-order valence-corrected chi connectivity index (χ1v) is 5.89. The van der Waals surface area contributed by atoms with Gasteiger partial charge in [-0.1, -0.05) is 13.8 Å². The second-order valence-electron chi connectivity index (χ2n) is 5.50. The van der Waals surface area contributed by atoms with Crippen LogP contribution in [0.15, 0.2) is 0 Å². The summed E-state index contributed by atoms with van der Waals surface area (Å²) in [6, 6.07) is -0.0997. The molecule has 0 aromatic carbocycles. The van der Waals surface area contributed by atoms with Gasteiger partial charge in [0.2, 0.25) is 5.91 Å². The van der Waals surface area contributed by atoms with Gasteiger partial charge in [0, 0.05) is 12.5 Å². The number of nitrogens with two attached hydrogens (primary N) is 1. The van der Waals surface area contributed by atoms with Crippen molar-refractivity contribution < 1.29 is 14.3 Å². The lowest BCUT2D eigenvalue weighted by Crippen LogP contribution is -2.42. The Hall–Kier alpha value is -1.26. The summed E-state index contributed by atoms with van der Waals surface area (Å²) >= 11 is 0. The lowest BCUT2D eigenvalue weighted by atomic mass is 9.99. The summed E-state index contributed by atoms with van der Waals surface area (Å²) < 4.78 is 5.16. The van der Waals surface area contributed by atoms with E-state index in [1.165, 1.54) is 0 Å². The topological polar surface area (TPSA) is 81.4 Å². The normalized spacial score (nSPS) is 13.3. The van der Waals surface area contributed by atoms with Crippen molar-refractivity contribution in [2.75, 3.05) is 0 Å². The van der Waals surface area contributed by atoms with E-state index in [9.17, 15) is 9.59 Å². The van der Waals surface area contributed by atoms with E-state index in [-0.39, 0.29) is 24.3 Å². The maximum atomic E-state index is 11.6. The Morgan fingerprint density at radius 2 is 1.82 bits per heavy atom. The molecule has 17 heavy (non-hydrogen) atoms. The number of alkyl carbamates (subject to hydrolysis) is 1. The Morgan fingerprint density at radius 3 is 2.18 bits per heavy atom. The largest absolute Gasteiger partial charge is 0.444 e. The van der Waals surface area contributed by atoms with Gasteiger partial charge in [0.15, 0.2) is 0 Å². The molecule has 0 heterocycles. The van der Waals surface area contributed by atoms with E-state index < -0.39 is 11.7 Å². The van der Waals surface area contributed by atoms with Crippen LogP contribution < -0.4 is 11.1 Å². The van der Waals surface area contributed by atoms with Crippen LogP contribution in [0.1, 0.15) is 47.5 Å². The van der Waals surface area contributed by atoms with Crippen molar-refractivity contribution in [2.45, 2.75) is 59.1 Å². The number of hydrogen-bond acceptors (Lipinski definition) is 3. The van der Waals surface area contributed by atoms with Gasteiger partial charge in [-0.15, -0.1) is 0 Å². The standard InChI is InChI=1S/C12H24N2O3/c1-8(2)9(6-7-10(13)15)14-11(16)17-12(3,4)5/h8-9H,6-7H2,1-5H3,(H2,13,15)(H,14,16)/t9-/m1/s1. The van der Waals surface area contributed by atoms with Crippen LogP contribution in [0.3, 0.4) is 0 Å². The Kier molecular flexibility index (Phi) is 5.99. The van der Waals surface area contributed by atoms with Crippen molar-refractivity contribution >= 4 is 12.0 Å². The molecule has 2 amide bonds. The SMILES string of the molecule is CC(C)[C@@H](CCC(N)=O)NC(=O)OC(C)(C)C. The number of carbonyl (C=O) groups excluding carboxylic acids is 2. The second-order valence-corrected chi connectivity index (χ2v) is 5.50. The molecule has 0 unspecified atom stereocenters. The number of carbonyl (C=O) groups is 2. The van der Waals surface area contributed by atoms with E-state index in [0.29, 0.717) is 6.42 Å². The summed E-state index contributed by atoms with van der Waals surface area (Å²) in [5, 5.41) is 2.76. The maximum Gasteiger partial charge on any atom is 0.407 e. The van der Waals surface area contributed by atoms with Gasteiger partial charge < -0.3 is 15.8 Å². The fourth-order valence-corrected chi connectivity index (χ4v) is 1.33. The summed E-state index contributed by atoms with van der Waals surface area (Å²) in [6.45, 7) is 9.37. The molecule has 5 heteroatoms. The van der Waals surface area contributed by atoms with Crippen molar-refractivity contribution in [2.24, 2.45) is 11.7 Å². The van der Waals surface area contributed by atoms with Crippen molar-refractivity contribution in [1.82, 2.24) is 5.32 Å². The zero-order chi connectivity index (χ0) is 13.6. The van der Waals surface area contributed by atoms with Gasteiger partial charge in [-0.2, -0.15) is 0 Å². The number of ether oxygens (including phenoxy) is 1. The van der Waals surface area contributed by atoms with E-state index in [1.807, 2.05) is 13.8 Å². The van der Waals surface area contributed by atoms with Crippen LogP contribution in [0.2, 0.25) is 0 Å². The summed E-state index contributed by atoms with van der Waals surface area (Å²) in [5.41, 5.74) is 4.57. The molecule has 0 bridgehead atoms. The third-order valence-electron chi connectivity index (χ3n) is 2.21. The Bertz CT molecular complexity index is 269. The van der Waals surface area contributed by atoms with Crippen molar-refractivity contribution in [3.05, 3.63) is 0 Å². The van der Waals surface area contributed by atoms with E-state index >= 15 is 0 Å². The van der Waals surface area contributed by atoms with Crippen LogP contribution in [-0.2, 0) is 9.53 Å². The van der Waals surface area contributed by atoms with E-state index in [1.54, 1.807) is 20.8 Å². The van der Waals surface area contributed by atoms with Crippen LogP contribution in [0.4, 0.5) is 4.79 Å². The molecule has 0 aliphatic rings. The first-order chi connectivity index (χ1) is 7.61. The maximum absolute atomic E-state index is 11.6. The van der Waals surface area contributed by atoms with Gasteiger partial charge in [0.1, 0.15) is 5.60 Å². The highest BCUT2D eigenvalue weighted by Crippen LogP contribution is 2.11. The number of hydrogen-bond donors (Lipinski definition) is 2. The molecule has 3 N–H and O–H groups in total. The molecule has 0 saturated carbocycles. The summed E-state index contributed by atoms with van der Waals surface area (Å²) in [7, 11) is 0. The first-order valence-electron chi connectivity index (χ1n) is 5.89. The molecule has 0 fully saturated rings. The molecular formula is C12H24N2O3. The van der Waals surface area contributed by atoms with Crippen LogP contribution >= 0.6 is 0 Å². The first kappa shape index (κ1) is 15.7. The third-order valence-corrected chi connectivity index (χ3v) is 2.21. The van der Waals surface area contributed by atoms with Crippen molar-refractivity contribution in [1.29, 1.82) is 0 Å². The molecule has 0 radical (unpaired) electrons. The van der Waals surface area contributed by atoms with Gasteiger partial charge in [0.05, 0.1) is 0 Å². The summed E-state index contributed by atoms with van der Waals surface area (Å²) in [6.07, 6.45) is 0.339. The highest BCUT2D eigenvalue weighted by molar-refractivity contribution is 5.74. The molecule has 0 aliphatic carbocycles. The summed E-state index contributed by atoms with van der Waals surface area (Å²) in [4.78, 5) is 22.3.